The van der Waals surface area contributed by atoms with Crippen molar-refractivity contribution in [1.29, 1.82) is 0 Å². The van der Waals surface area contributed by atoms with Gasteiger partial charge in [0.2, 0.25) is 0 Å². The number of nitrogens with one attached hydrogen (secondary N) is 1. The zero-order valence-electron chi connectivity index (χ0n) is 12.0. The molecular weight excluding hydrogens is 270 g/mol. The molecule has 0 saturated carbocycles. The van der Waals surface area contributed by atoms with Crippen LogP contribution in [0.5, 0.6) is 5.75 Å². The van der Waals surface area contributed by atoms with Crippen LogP contribution in [-0.4, -0.2) is 19.6 Å². The summed E-state index contributed by atoms with van der Waals surface area (Å²) in [5.41, 5.74) is 3.34. The minimum absolute atomic E-state index is 0.00381. The molecular formula is C16H19NO2S. The lowest BCUT2D eigenvalue weighted by Gasteiger charge is -2.10. The van der Waals surface area contributed by atoms with E-state index in [9.17, 15) is 4.79 Å². The Hall–Kier alpha value is -1.81. The summed E-state index contributed by atoms with van der Waals surface area (Å²) in [5, 5.41) is 4.90. The number of rotatable bonds is 5. The second kappa shape index (κ2) is 6.57. The smallest absolute Gasteiger partial charge is 0.261 e. The lowest BCUT2D eigenvalue weighted by molar-refractivity contribution is 0.0957. The summed E-state index contributed by atoms with van der Waals surface area (Å²) in [6, 6.07) is 8.05. The minimum Gasteiger partial charge on any atom is -0.496 e. The average molecular weight is 289 g/mol. The molecule has 1 amide bonds. The predicted molar refractivity (Wildman–Crippen MR) is 82.8 cm³/mol. The summed E-state index contributed by atoms with van der Waals surface area (Å²) in [6.07, 6.45) is 0.765. The molecule has 3 nitrogen and oxygen atoms in total. The maximum Gasteiger partial charge on any atom is 0.261 e. The summed E-state index contributed by atoms with van der Waals surface area (Å²) in [5.74, 6) is 0.876. The SMILES string of the molecule is COc1ccc(C)cc1CCNC(=O)c1sccc1C. The van der Waals surface area contributed by atoms with Crippen LogP contribution in [0.4, 0.5) is 0 Å². The number of benzene rings is 1. The molecule has 2 rings (SSSR count). The summed E-state index contributed by atoms with van der Waals surface area (Å²) in [6.45, 7) is 4.61. The molecule has 2 aromatic rings. The second-order valence-electron chi connectivity index (χ2n) is 4.75. The summed E-state index contributed by atoms with van der Waals surface area (Å²) in [4.78, 5) is 12.8. The zero-order chi connectivity index (χ0) is 14.5. The Morgan fingerprint density at radius 3 is 2.75 bits per heavy atom. The molecule has 0 radical (unpaired) electrons. The van der Waals surface area contributed by atoms with Gasteiger partial charge in [-0.05, 0) is 48.9 Å². The first kappa shape index (κ1) is 14.6. The van der Waals surface area contributed by atoms with Crippen LogP contribution >= 0.6 is 11.3 Å². The number of hydrogen-bond donors (Lipinski definition) is 1. The number of carbonyl (C=O) groups excluding carboxylic acids is 1. The highest BCUT2D eigenvalue weighted by Gasteiger charge is 2.10. The fraction of sp³-hybridized carbons (Fsp3) is 0.312. The van der Waals surface area contributed by atoms with Crippen LogP contribution in [0.25, 0.3) is 0 Å². The Labute approximate surface area is 123 Å². The fourth-order valence-corrected chi connectivity index (χ4v) is 2.94. The van der Waals surface area contributed by atoms with Crippen molar-refractivity contribution in [2.24, 2.45) is 0 Å². The molecule has 1 aromatic heterocycles. The van der Waals surface area contributed by atoms with Gasteiger partial charge < -0.3 is 10.1 Å². The highest BCUT2D eigenvalue weighted by atomic mass is 32.1. The normalized spacial score (nSPS) is 10.3. The van der Waals surface area contributed by atoms with Crippen molar-refractivity contribution >= 4 is 17.2 Å². The van der Waals surface area contributed by atoms with Gasteiger partial charge in [0.15, 0.2) is 0 Å². The van der Waals surface area contributed by atoms with E-state index in [0.29, 0.717) is 6.54 Å². The van der Waals surface area contributed by atoms with Gasteiger partial charge in [0.05, 0.1) is 12.0 Å². The highest BCUT2D eigenvalue weighted by molar-refractivity contribution is 7.12. The van der Waals surface area contributed by atoms with E-state index in [0.717, 1.165) is 28.2 Å². The molecule has 0 fully saturated rings. The van der Waals surface area contributed by atoms with E-state index in [-0.39, 0.29) is 5.91 Å². The van der Waals surface area contributed by atoms with Crippen LogP contribution in [0.15, 0.2) is 29.6 Å². The number of aryl methyl sites for hydroxylation is 2. The van der Waals surface area contributed by atoms with Crippen LogP contribution in [0.1, 0.15) is 26.4 Å². The van der Waals surface area contributed by atoms with Crippen molar-refractivity contribution in [3.05, 3.63) is 51.2 Å². The molecule has 0 bridgehead atoms. The first-order valence-corrected chi connectivity index (χ1v) is 7.45. The third kappa shape index (κ3) is 3.39. The van der Waals surface area contributed by atoms with Gasteiger partial charge in [-0.1, -0.05) is 17.7 Å². The lowest BCUT2D eigenvalue weighted by Crippen LogP contribution is -2.25. The molecule has 106 valence electrons. The number of hydrogen-bond acceptors (Lipinski definition) is 3. The summed E-state index contributed by atoms with van der Waals surface area (Å²) < 4.78 is 5.34. The van der Waals surface area contributed by atoms with E-state index in [4.69, 9.17) is 4.74 Å². The van der Waals surface area contributed by atoms with Crippen LogP contribution in [0.2, 0.25) is 0 Å². The molecule has 0 unspecified atom stereocenters. The number of amides is 1. The van der Waals surface area contributed by atoms with Crippen molar-refractivity contribution in [3.8, 4) is 5.75 Å². The predicted octanol–water partition coefficient (Wildman–Crippen LogP) is 3.35. The van der Waals surface area contributed by atoms with Gasteiger partial charge in [-0.3, -0.25) is 4.79 Å². The molecule has 20 heavy (non-hydrogen) atoms. The molecule has 1 N–H and O–H groups in total. The van der Waals surface area contributed by atoms with Crippen molar-refractivity contribution in [2.75, 3.05) is 13.7 Å². The third-order valence-electron chi connectivity index (χ3n) is 3.18. The monoisotopic (exact) mass is 289 g/mol. The number of ether oxygens (including phenoxy) is 1. The molecule has 0 atom stereocenters. The Morgan fingerprint density at radius 2 is 2.10 bits per heavy atom. The maximum atomic E-state index is 12.0. The van der Waals surface area contributed by atoms with Crippen LogP contribution in [-0.2, 0) is 6.42 Å². The molecule has 1 heterocycles. The second-order valence-corrected chi connectivity index (χ2v) is 5.67. The van der Waals surface area contributed by atoms with Gasteiger partial charge >= 0.3 is 0 Å². The van der Waals surface area contributed by atoms with E-state index < -0.39 is 0 Å². The Bertz CT molecular complexity index is 604. The van der Waals surface area contributed by atoms with E-state index in [2.05, 4.69) is 18.3 Å². The molecule has 0 aliphatic carbocycles. The quantitative estimate of drug-likeness (QED) is 0.916. The van der Waals surface area contributed by atoms with Crippen LogP contribution < -0.4 is 10.1 Å². The number of thiophene rings is 1. The molecule has 4 heteroatoms. The fourth-order valence-electron chi connectivity index (χ4n) is 2.10. The largest absolute Gasteiger partial charge is 0.496 e. The average Bonchev–Trinajstić information content (AvgIpc) is 2.85. The van der Waals surface area contributed by atoms with E-state index in [1.54, 1.807) is 7.11 Å². The number of methoxy groups -OCH3 is 1. The Morgan fingerprint density at radius 1 is 1.30 bits per heavy atom. The van der Waals surface area contributed by atoms with Gasteiger partial charge in [-0.2, -0.15) is 0 Å². The van der Waals surface area contributed by atoms with Crippen LogP contribution in [0, 0.1) is 13.8 Å². The third-order valence-corrected chi connectivity index (χ3v) is 4.20. The summed E-state index contributed by atoms with van der Waals surface area (Å²) >= 11 is 1.48. The van der Waals surface area contributed by atoms with Gasteiger partial charge in [-0.25, -0.2) is 0 Å². The van der Waals surface area contributed by atoms with Crippen molar-refractivity contribution in [3.63, 3.8) is 0 Å². The van der Waals surface area contributed by atoms with Crippen LogP contribution in [0.3, 0.4) is 0 Å². The zero-order valence-corrected chi connectivity index (χ0v) is 12.8. The number of carbonyl (C=O) groups is 1. The van der Waals surface area contributed by atoms with E-state index in [1.807, 2.05) is 30.5 Å². The molecule has 1 aromatic carbocycles. The van der Waals surface area contributed by atoms with Crippen molar-refractivity contribution in [1.82, 2.24) is 5.32 Å². The molecule has 0 saturated heterocycles. The lowest BCUT2D eigenvalue weighted by atomic mass is 10.1. The van der Waals surface area contributed by atoms with Crippen molar-refractivity contribution in [2.45, 2.75) is 20.3 Å². The minimum atomic E-state index is 0.00381. The Kier molecular flexibility index (Phi) is 4.79. The van der Waals surface area contributed by atoms with Gasteiger partial charge in [0, 0.05) is 6.54 Å². The summed E-state index contributed by atoms with van der Waals surface area (Å²) in [7, 11) is 1.67. The first-order valence-electron chi connectivity index (χ1n) is 6.57. The van der Waals surface area contributed by atoms with E-state index >= 15 is 0 Å². The van der Waals surface area contributed by atoms with Gasteiger partial charge in [0.1, 0.15) is 5.75 Å². The van der Waals surface area contributed by atoms with E-state index in [1.165, 1.54) is 16.9 Å². The maximum absolute atomic E-state index is 12.0. The van der Waals surface area contributed by atoms with Gasteiger partial charge in [-0.15, -0.1) is 11.3 Å². The highest BCUT2D eigenvalue weighted by Crippen LogP contribution is 2.20. The van der Waals surface area contributed by atoms with Crippen molar-refractivity contribution < 1.29 is 9.53 Å². The molecule has 0 aliphatic rings. The standard InChI is InChI=1S/C16H19NO2S/c1-11-4-5-14(19-3)13(10-11)6-8-17-16(18)15-12(2)7-9-20-15/h4-5,7,9-10H,6,8H2,1-3H3,(H,17,18). The molecule has 0 spiro atoms. The molecule has 0 aliphatic heterocycles. The topological polar surface area (TPSA) is 38.3 Å². The first-order chi connectivity index (χ1) is 9.61. The Balaban J connectivity index is 1.95. The van der Waals surface area contributed by atoms with Gasteiger partial charge in [0.25, 0.3) is 5.91 Å².